The van der Waals surface area contributed by atoms with E-state index >= 15 is 0 Å². The molecule has 56 valence electrons. The van der Waals surface area contributed by atoms with Gasteiger partial charge in [0.25, 0.3) is 0 Å². The molecule has 0 unspecified atom stereocenters. The van der Waals surface area contributed by atoms with Crippen molar-refractivity contribution in [1.82, 2.24) is 0 Å². The van der Waals surface area contributed by atoms with Crippen LogP contribution in [0.5, 0.6) is 0 Å². The molecule has 0 saturated heterocycles. The molecule has 1 N–H and O–H groups in total. The molecule has 0 radical (unpaired) electrons. The molecule has 0 spiro atoms. The monoisotopic (exact) mass is 134 g/mol. The van der Waals surface area contributed by atoms with E-state index < -0.39 is 0 Å². The summed E-state index contributed by atoms with van der Waals surface area (Å²) in [4.78, 5) is 0. The summed E-state index contributed by atoms with van der Waals surface area (Å²) in [6, 6.07) is 0. The molecule has 0 saturated carbocycles. The average Bonchev–Trinajstić information content (AvgIpc) is 1.89. The van der Waals surface area contributed by atoms with Gasteiger partial charge in [0.1, 0.15) is 6.79 Å². The van der Waals surface area contributed by atoms with Crippen molar-refractivity contribution < 1.29 is 14.6 Å². The van der Waals surface area contributed by atoms with E-state index in [-0.39, 0.29) is 6.61 Å². The van der Waals surface area contributed by atoms with E-state index in [1.165, 1.54) is 0 Å². The van der Waals surface area contributed by atoms with Crippen LogP contribution in [0.4, 0.5) is 0 Å². The first-order valence-corrected chi connectivity index (χ1v) is 3.18. The van der Waals surface area contributed by atoms with Crippen molar-refractivity contribution in [2.45, 2.75) is 13.3 Å². The van der Waals surface area contributed by atoms with Gasteiger partial charge in [-0.2, -0.15) is 0 Å². The maximum absolute atomic E-state index is 8.30. The minimum atomic E-state index is 0.187. The van der Waals surface area contributed by atoms with E-state index in [1.807, 2.05) is 6.92 Å². The van der Waals surface area contributed by atoms with E-state index in [2.05, 4.69) is 0 Å². The third kappa shape index (κ3) is 7.88. The van der Waals surface area contributed by atoms with Gasteiger partial charge in [-0.15, -0.1) is 0 Å². The fraction of sp³-hybridized carbons (Fsp3) is 1.00. The molecule has 3 nitrogen and oxygen atoms in total. The topological polar surface area (TPSA) is 38.7 Å². The number of aliphatic hydroxyl groups excluding tert-OH is 1. The van der Waals surface area contributed by atoms with Crippen LogP contribution in [0.25, 0.3) is 0 Å². The van der Waals surface area contributed by atoms with Gasteiger partial charge in [0.15, 0.2) is 0 Å². The van der Waals surface area contributed by atoms with Crippen molar-refractivity contribution in [2.75, 3.05) is 26.6 Å². The van der Waals surface area contributed by atoms with Gasteiger partial charge in [0, 0.05) is 13.2 Å². The van der Waals surface area contributed by atoms with Crippen molar-refractivity contribution >= 4 is 0 Å². The lowest BCUT2D eigenvalue weighted by molar-refractivity contribution is -0.0520. The van der Waals surface area contributed by atoms with Gasteiger partial charge in [-0.3, -0.25) is 0 Å². The molecule has 0 aliphatic rings. The molecule has 0 heterocycles. The van der Waals surface area contributed by atoms with E-state index in [1.54, 1.807) is 0 Å². The van der Waals surface area contributed by atoms with Crippen LogP contribution in [0.1, 0.15) is 13.3 Å². The zero-order valence-electron chi connectivity index (χ0n) is 5.80. The summed E-state index contributed by atoms with van der Waals surface area (Å²) in [7, 11) is 0. The van der Waals surface area contributed by atoms with Crippen molar-refractivity contribution in [3.8, 4) is 0 Å². The van der Waals surface area contributed by atoms with Crippen LogP contribution in [-0.2, 0) is 9.47 Å². The van der Waals surface area contributed by atoms with Gasteiger partial charge in [0.2, 0.25) is 0 Å². The zero-order valence-corrected chi connectivity index (χ0v) is 5.80. The Morgan fingerprint density at radius 2 is 2.11 bits per heavy atom. The number of hydrogen-bond acceptors (Lipinski definition) is 3. The first kappa shape index (κ1) is 8.88. The second-order valence-corrected chi connectivity index (χ2v) is 1.60. The lowest BCUT2D eigenvalue weighted by Gasteiger charge is -2.00. The summed E-state index contributed by atoms with van der Waals surface area (Å²) in [6.07, 6.45) is 0.688. The molecular formula is C6H14O3. The number of aliphatic hydroxyl groups is 1. The highest BCUT2D eigenvalue weighted by Crippen LogP contribution is 1.81. The Hall–Kier alpha value is -0.120. The lowest BCUT2D eigenvalue weighted by atomic mass is 10.5. The van der Waals surface area contributed by atoms with Crippen LogP contribution in [-0.4, -0.2) is 31.7 Å². The van der Waals surface area contributed by atoms with Gasteiger partial charge < -0.3 is 14.6 Å². The Labute approximate surface area is 55.6 Å². The van der Waals surface area contributed by atoms with Crippen molar-refractivity contribution in [3.63, 3.8) is 0 Å². The molecule has 0 aliphatic carbocycles. The summed E-state index contributed by atoms with van der Waals surface area (Å²) in [6.45, 7) is 3.70. The molecule has 0 atom stereocenters. The fourth-order valence-electron chi connectivity index (χ4n) is 0.368. The summed E-state index contributed by atoms with van der Waals surface area (Å²) in [5, 5.41) is 8.30. The Bertz CT molecular complexity index is 41.6. The highest BCUT2D eigenvalue weighted by atomic mass is 16.7. The van der Waals surface area contributed by atoms with E-state index in [4.69, 9.17) is 14.6 Å². The minimum absolute atomic E-state index is 0.187. The van der Waals surface area contributed by atoms with Crippen molar-refractivity contribution in [2.24, 2.45) is 0 Å². The van der Waals surface area contributed by atoms with Crippen LogP contribution in [0.15, 0.2) is 0 Å². The van der Waals surface area contributed by atoms with Gasteiger partial charge in [-0.1, -0.05) is 0 Å². The van der Waals surface area contributed by atoms with Crippen LogP contribution >= 0.6 is 0 Å². The predicted molar refractivity (Wildman–Crippen MR) is 34.1 cm³/mol. The molecular weight excluding hydrogens is 120 g/mol. The molecule has 9 heavy (non-hydrogen) atoms. The first-order chi connectivity index (χ1) is 4.41. The lowest BCUT2D eigenvalue weighted by Crippen LogP contribution is -2.02. The average molecular weight is 134 g/mol. The maximum Gasteiger partial charge on any atom is 0.146 e. The van der Waals surface area contributed by atoms with E-state index in [9.17, 15) is 0 Å². The van der Waals surface area contributed by atoms with Crippen LogP contribution in [0.2, 0.25) is 0 Å². The van der Waals surface area contributed by atoms with Crippen LogP contribution < -0.4 is 0 Å². The van der Waals surface area contributed by atoms with E-state index in [0.29, 0.717) is 26.4 Å². The summed E-state index contributed by atoms with van der Waals surface area (Å²) >= 11 is 0. The molecule has 0 bridgehead atoms. The molecule has 0 aromatic carbocycles. The standard InChI is InChI=1S/C6H14O3/c1-2-8-6-9-5-3-4-7/h7H,2-6H2,1H3. The normalized spacial score (nSPS) is 10.0. The molecule has 0 rings (SSSR count). The smallest absolute Gasteiger partial charge is 0.146 e. The Balaban J connectivity index is 2.60. The predicted octanol–water partition coefficient (Wildman–Crippen LogP) is 0.379. The molecule has 3 heteroatoms. The molecule has 0 amide bonds. The van der Waals surface area contributed by atoms with E-state index in [0.717, 1.165) is 0 Å². The summed E-state index contributed by atoms with van der Waals surface area (Å²) < 4.78 is 9.81. The second-order valence-electron chi connectivity index (χ2n) is 1.60. The second kappa shape index (κ2) is 7.88. The third-order valence-corrected chi connectivity index (χ3v) is 0.818. The van der Waals surface area contributed by atoms with Crippen LogP contribution in [0, 0.1) is 0 Å². The molecule has 0 aromatic heterocycles. The highest BCUT2D eigenvalue weighted by Gasteiger charge is 1.84. The zero-order chi connectivity index (χ0) is 6.95. The minimum Gasteiger partial charge on any atom is -0.396 e. The molecule has 0 aromatic rings. The SMILES string of the molecule is CCOCOCCCO. The first-order valence-electron chi connectivity index (χ1n) is 3.18. The van der Waals surface area contributed by atoms with Crippen molar-refractivity contribution in [3.05, 3.63) is 0 Å². The molecule has 0 fully saturated rings. The summed E-state index contributed by atoms with van der Waals surface area (Å²) in [5.74, 6) is 0. The van der Waals surface area contributed by atoms with Gasteiger partial charge >= 0.3 is 0 Å². The largest absolute Gasteiger partial charge is 0.396 e. The van der Waals surface area contributed by atoms with Crippen molar-refractivity contribution in [1.29, 1.82) is 0 Å². The highest BCUT2D eigenvalue weighted by molar-refractivity contribution is 4.27. The van der Waals surface area contributed by atoms with Gasteiger partial charge in [-0.25, -0.2) is 0 Å². The number of ether oxygens (including phenoxy) is 2. The maximum atomic E-state index is 8.30. The number of hydrogen-bond donors (Lipinski definition) is 1. The molecule has 0 aliphatic heterocycles. The number of rotatable bonds is 6. The van der Waals surface area contributed by atoms with Gasteiger partial charge in [0.05, 0.1) is 6.61 Å². The van der Waals surface area contributed by atoms with Crippen LogP contribution in [0.3, 0.4) is 0 Å². The Morgan fingerprint density at radius 3 is 2.67 bits per heavy atom. The Morgan fingerprint density at radius 1 is 1.33 bits per heavy atom. The fourth-order valence-corrected chi connectivity index (χ4v) is 0.368. The quantitative estimate of drug-likeness (QED) is 0.421. The Kier molecular flexibility index (Phi) is 7.77. The summed E-state index contributed by atoms with van der Waals surface area (Å²) in [5.41, 5.74) is 0. The third-order valence-electron chi connectivity index (χ3n) is 0.818. The van der Waals surface area contributed by atoms with Gasteiger partial charge in [-0.05, 0) is 13.3 Å².